The normalized spacial score (nSPS) is 13.7. The molecule has 0 N–H and O–H groups in total. The van der Waals surface area contributed by atoms with E-state index in [1.165, 1.54) is 33.4 Å². The van der Waals surface area contributed by atoms with Crippen LogP contribution in [0.15, 0.2) is 180 Å². The van der Waals surface area contributed by atoms with Crippen LogP contribution in [0.2, 0.25) is 0 Å². The molecular weight excluding hydrogens is 651 g/mol. The van der Waals surface area contributed by atoms with Crippen molar-refractivity contribution in [1.82, 2.24) is 0 Å². The number of anilines is 3. The summed E-state index contributed by atoms with van der Waals surface area (Å²) in [7, 11) is 0. The molecule has 1 aliphatic heterocycles. The SMILES string of the molecule is c1ccc(N(c2cccc3c2Oc2ccc4c(c2O3)-c2ccccc2C42c3ccccc3-c3ccccc32)c2cccc3c2oc2ccccc23)cc1. The highest BCUT2D eigenvalue weighted by Gasteiger charge is 2.53. The minimum absolute atomic E-state index is 0.463. The summed E-state index contributed by atoms with van der Waals surface area (Å²) in [6.45, 7) is 0. The number of hydrogen-bond acceptors (Lipinski definition) is 4. The monoisotopic (exact) mass is 679 g/mol. The van der Waals surface area contributed by atoms with Crippen LogP contribution in [0.3, 0.4) is 0 Å². The van der Waals surface area contributed by atoms with Crippen molar-refractivity contribution < 1.29 is 13.9 Å². The molecule has 2 heterocycles. The lowest BCUT2D eigenvalue weighted by Gasteiger charge is -2.32. The van der Waals surface area contributed by atoms with Crippen LogP contribution in [0.5, 0.6) is 23.0 Å². The molecule has 8 aromatic carbocycles. The summed E-state index contributed by atoms with van der Waals surface area (Å²) in [5.41, 5.74) is 13.8. The van der Waals surface area contributed by atoms with Crippen molar-refractivity contribution in [3.05, 3.63) is 198 Å². The molecule has 0 amide bonds. The Labute approximate surface area is 305 Å². The largest absolute Gasteiger partial charge is 0.454 e. The third-order valence-electron chi connectivity index (χ3n) is 11.3. The third-order valence-corrected chi connectivity index (χ3v) is 11.3. The van der Waals surface area contributed by atoms with E-state index < -0.39 is 5.41 Å². The maximum atomic E-state index is 7.08. The van der Waals surface area contributed by atoms with Gasteiger partial charge in [0.05, 0.1) is 16.8 Å². The topological polar surface area (TPSA) is 34.8 Å². The van der Waals surface area contributed by atoms with E-state index in [4.69, 9.17) is 13.9 Å². The first-order chi connectivity index (χ1) is 26.3. The smallest absolute Gasteiger partial charge is 0.194 e. The first-order valence-corrected chi connectivity index (χ1v) is 18.0. The molecule has 2 aliphatic carbocycles. The van der Waals surface area contributed by atoms with E-state index in [0.29, 0.717) is 17.2 Å². The highest BCUT2D eigenvalue weighted by molar-refractivity contribution is 6.10. The van der Waals surface area contributed by atoms with Gasteiger partial charge >= 0.3 is 0 Å². The standard InChI is InChI=1S/C49H29NO3/c1-2-14-30(15-3-1)50(40-24-12-20-34-33-18-7-11-26-42(33)51-46(34)40)41-25-13-27-43-47(41)52-44-29-28-39-45(48(44)53-43)35-19-6-10-23-38(35)49(39)36-21-8-4-16-31(36)32-17-5-9-22-37(32)49/h1-29H. The minimum Gasteiger partial charge on any atom is -0.454 e. The maximum absolute atomic E-state index is 7.08. The first-order valence-electron chi connectivity index (χ1n) is 18.0. The van der Waals surface area contributed by atoms with E-state index in [9.17, 15) is 0 Å². The van der Waals surface area contributed by atoms with Gasteiger partial charge in [0.25, 0.3) is 0 Å². The highest BCUT2D eigenvalue weighted by Crippen LogP contribution is 2.66. The molecule has 1 aromatic heterocycles. The van der Waals surface area contributed by atoms with Gasteiger partial charge in [-0.3, -0.25) is 0 Å². The van der Waals surface area contributed by atoms with E-state index in [2.05, 4.69) is 150 Å². The molecule has 12 rings (SSSR count). The second-order valence-electron chi connectivity index (χ2n) is 13.9. The lowest BCUT2D eigenvalue weighted by molar-refractivity contribution is 0.361. The number of fused-ring (bicyclic) bond motifs is 16. The zero-order valence-electron chi connectivity index (χ0n) is 28.4. The fourth-order valence-electron chi connectivity index (χ4n) is 9.29. The van der Waals surface area contributed by atoms with Crippen LogP contribution in [0.1, 0.15) is 22.3 Å². The molecule has 248 valence electrons. The Bertz CT molecular complexity index is 2930. The van der Waals surface area contributed by atoms with Gasteiger partial charge in [-0.25, -0.2) is 0 Å². The molecule has 0 atom stereocenters. The maximum Gasteiger partial charge on any atom is 0.194 e. The van der Waals surface area contributed by atoms with Gasteiger partial charge in [0, 0.05) is 22.0 Å². The molecule has 4 heteroatoms. The number of ether oxygens (including phenoxy) is 2. The molecule has 3 aliphatic rings. The van der Waals surface area contributed by atoms with Gasteiger partial charge in [-0.15, -0.1) is 0 Å². The van der Waals surface area contributed by atoms with Crippen molar-refractivity contribution in [3.8, 4) is 45.3 Å². The Morgan fingerprint density at radius 3 is 1.77 bits per heavy atom. The lowest BCUT2D eigenvalue weighted by Crippen LogP contribution is -2.25. The lowest BCUT2D eigenvalue weighted by atomic mass is 9.70. The van der Waals surface area contributed by atoms with Crippen molar-refractivity contribution >= 4 is 39.0 Å². The summed E-state index contributed by atoms with van der Waals surface area (Å²) in [5.74, 6) is 2.73. The first kappa shape index (κ1) is 28.6. The Morgan fingerprint density at radius 1 is 0.396 bits per heavy atom. The van der Waals surface area contributed by atoms with Crippen LogP contribution >= 0.6 is 0 Å². The molecular formula is C49H29NO3. The molecule has 0 fully saturated rings. The van der Waals surface area contributed by atoms with Gasteiger partial charge in [0.15, 0.2) is 28.6 Å². The number of hydrogen-bond donors (Lipinski definition) is 0. The zero-order chi connectivity index (χ0) is 34.7. The summed E-state index contributed by atoms with van der Waals surface area (Å²) in [5, 5.41) is 2.14. The molecule has 9 aromatic rings. The molecule has 1 spiro atoms. The van der Waals surface area contributed by atoms with Crippen molar-refractivity contribution in [2.24, 2.45) is 0 Å². The van der Waals surface area contributed by atoms with E-state index in [1.807, 2.05) is 30.3 Å². The van der Waals surface area contributed by atoms with Gasteiger partial charge in [0.2, 0.25) is 0 Å². The molecule has 53 heavy (non-hydrogen) atoms. The molecule has 0 saturated carbocycles. The Morgan fingerprint density at radius 2 is 0.981 bits per heavy atom. The number of furan rings is 1. The second kappa shape index (κ2) is 10.5. The number of benzene rings is 8. The van der Waals surface area contributed by atoms with E-state index in [0.717, 1.165) is 55.9 Å². The molecule has 4 nitrogen and oxygen atoms in total. The molecule has 0 radical (unpaired) electrons. The van der Waals surface area contributed by atoms with Gasteiger partial charge in [0.1, 0.15) is 5.58 Å². The second-order valence-corrected chi connectivity index (χ2v) is 13.9. The average molecular weight is 680 g/mol. The summed E-state index contributed by atoms with van der Waals surface area (Å²) in [6, 6.07) is 61.8. The molecule has 0 unspecified atom stereocenters. The fraction of sp³-hybridized carbons (Fsp3) is 0.0204. The predicted octanol–water partition coefficient (Wildman–Crippen LogP) is 13.3. The van der Waals surface area contributed by atoms with Crippen LogP contribution in [0.4, 0.5) is 17.1 Å². The number of para-hydroxylation sites is 4. The Kier molecular flexibility index (Phi) is 5.67. The Balaban J connectivity index is 1.07. The summed E-state index contributed by atoms with van der Waals surface area (Å²) in [4.78, 5) is 2.21. The number of nitrogens with zero attached hydrogens (tertiary/aromatic N) is 1. The van der Waals surface area contributed by atoms with E-state index in [-0.39, 0.29) is 0 Å². The van der Waals surface area contributed by atoms with Crippen LogP contribution in [0.25, 0.3) is 44.2 Å². The summed E-state index contributed by atoms with van der Waals surface area (Å²) >= 11 is 0. The quantitative estimate of drug-likeness (QED) is 0.186. The van der Waals surface area contributed by atoms with Gasteiger partial charge in [-0.05, 0) is 81.4 Å². The van der Waals surface area contributed by atoms with Crippen molar-refractivity contribution in [1.29, 1.82) is 0 Å². The zero-order valence-corrected chi connectivity index (χ0v) is 28.4. The van der Waals surface area contributed by atoms with Gasteiger partial charge < -0.3 is 18.8 Å². The van der Waals surface area contributed by atoms with Crippen molar-refractivity contribution in [2.75, 3.05) is 4.90 Å². The van der Waals surface area contributed by atoms with Crippen molar-refractivity contribution in [2.45, 2.75) is 5.41 Å². The van der Waals surface area contributed by atoms with Crippen molar-refractivity contribution in [3.63, 3.8) is 0 Å². The van der Waals surface area contributed by atoms with Gasteiger partial charge in [-0.2, -0.15) is 0 Å². The molecule has 0 saturated heterocycles. The highest BCUT2D eigenvalue weighted by atomic mass is 16.6. The third kappa shape index (κ3) is 3.69. The molecule has 0 bridgehead atoms. The van der Waals surface area contributed by atoms with Crippen LogP contribution in [0, 0.1) is 0 Å². The van der Waals surface area contributed by atoms with Crippen LogP contribution in [-0.4, -0.2) is 0 Å². The fourth-order valence-corrected chi connectivity index (χ4v) is 9.29. The van der Waals surface area contributed by atoms with E-state index >= 15 is 0 Å². The minimum atomic E-state index is -0.463. The number of rotatable bonds is 3. The Hall–Kier alpha value is -7.04. The average Bonchev–Trinajstić information content (AvgIpc) is 3.86. The van der Waals surface area contributed by atoms with Crippen LogP contribution < -0.4 is 14.4 Å². The summed E-state index contributed by atoms with van der Waals surface area (Å²) < 4.78 is 20.7. The van der Waals surface area contributed by atoms with E-state index in [1.54, 1.807) is 0 Å². The van der Waals surface area contributed by atoms with Crippen LogP contribution in [-0.2, 0) is 5.41 Å². The summed E-state index contributed by atoms with van der Waals surface area (Å²) in [6.07, 6.45) is 0. The predicted molar refractivity (Wildman–Crippen MR) is 211 cm³/mol. The van der Waals surface area contributed by atoms with Gasteiger partial charge in [-0.1, -0.05) is 133 Å².